The van der Waals surface area contributed by atoms with Crippen LogP contribution in [-0.2, 0) is 0 Å². The van der Waals surface area contributed by atoms with Gasteiger partial charge in [-0.3, -0.25) is 0 Å². The van der Waals surface area contributed by atoms with Gasteiger partial charge in [0.2, 0.25) is 5.60 Å². The lowest BCUT2D eigenvalue weighted by Gasteiger charge is -2.51. The van der Waals surface area contributed by atoms with Gasteiger partial charge in [-0.15, -0.1) is 0 Å². The maximum atomic E-state index is 12.6. The zero-order chi connectivity index (χ0) is 19.5. The molecule has 2 unspecified atom stereocenters. The first-order valence-corrected chi connectivity index (χ1v) is 4.94. The van der Waals surface area contributed by atoms with E-state index in [2.05, 4.69) is 0 Å². The van der Waals surface area contributed by atoms with E-state index >= 15 is 0 Å². The molecule has 0 aliphatic carbocycles. The molecule has 3 N–H and O–H groups in total. The lowest BCUT2D eigenvalue weighted by Crippen LogP contribution is -2.84. The zero-order valence-electron chi connectivity index (χ0n) is 10.4. The molecule has 23 heavy (non-hydrogen) atoms. The largest absolute Gasteiger partial charge is 0.429 e. The van der Waals surface area contributed by atoms with Gasteiger partial charge in [0.15, 0.2) is 5.60 Å². The Kier molecular flexibility index (Phi) is 4.81. The first-order chi connectivity index (χ1) is 9.50. The van der Waals surface area contributed by atoms with Crippen LogP contribution >= 0.6 is 0 Å². The van der Waals surface area contributed by atoms with Crippen molar-refractivity contribution in [2.45, 2.75) is 48.4 Å². The normalized spacial score (nSPS) is 20.9. The maximum Gasteiger partial charge on any atom is 0.429 e. The lowest BCUT2D eigenvalue weighted by atomic mass is 9.69. The summed E-state index contributed by atoms with van der Waals surface area (Å²) >= 11 is 0. The molecule has 3 nitrogen and oxygen atoms in total. The summed E-state index contributed by atoms with van der Waals surface area (Å²) in [4.78, 5) is 0. The Morgan fingerprint density at radius 2 is 0.652 bits per heavy atom. The highest BCUT2D eigenvalue weighted by atomic mass is 19.4. The van der Waals surface area contributed by atoms with E-state index in [1.807, 2.05) is 0 Å². The molecular weight excluding hydrogens is 372 g/mol. The Morgan fingerprint density at radius 3 is 0.783 bits per heavy atom. The molecule has 0 aliphatic heterocycles. The molecule has 0 bridgehead atoms. The Balaban J connectivity index is 7.12. The van der Waals surface area contributed by atoms with Gasteiger partial charge in [0.1, 0.15) is 0 Å². The lowest BCUT2D eigenvalue weighted by molar-refractivity contribution is -0.493. The number of alkyl halides is 12. The van der Waals surface area contributed by atoms with E-state index in [9.17, 15) is 52.7 Å². The molecule has 0 radical (unpaired) electrons. The number of halogens is 12. The molecule has 0 saturated carbocycles. The molecule has 0 saturated heterocycles. The molecule has 0 aromatic carbocycles. The molecule has 0 aromatic heterocycles. The predicted octanol–water partition coefficient (Wildman–Crippen LogP) is 2.45. The van der Waals surface area contributed by atoms with Gasteiger partial charge in [-0.1, -0.05) is 0 Å². The highest BCUT2D eigenvalue weighted by Crippen LogP contribution is 2.60. The second-order valence-corrected chi connectivity index (χ2v) is 4.48. The Hall–Kier alpha value is -0.960. The number of hydrogen-bond acceptors (Lipinski definition) is 3. The topological polar surface area (TPSA) is 60.7 Å². The van der Waals surface area contributed by atoms with Gasteiger partial charge in [-0.05, 0) is 6.92 Å². The van der Waals surface area contributed by atoms with Crippen molar-refractivity contribution in [2.24, 2.45) is 0 Å². The monoisotopic (exact) mass is 378 g/mol. The third-order valence-corrected chi connectivity index (χ3v) is 3.01. The zero-order valence-corrected chi connectivity index (χ0v) is 10.4. The molecule has 0 fully saturated rings. The van der Waals surface area contributed by atoms with Gasteiger partial charge in [0.05, 0.1) is 0 Å². The van der Waals surface area contributed by atoms with Crippen LogP contribution in [0.5, 0.6) is 0 Å². The second-order valence-electron chi connectivity index (χ2n) is 4.48. The van der Waals surface area contributed by atoms with Crippen LogP contribution in [0.15, 0.2) is 0 Å². The molecule has 0 amide bonds. The summed E-state index contributed by atoms with van der Waals surface area (Å²) in [6.45, 7) is -1.19. The fraction of sp³-hybridized carbons (Fsp3) is 1.00. The van der Waals surface area contributed by atoms with E-state index in [-0.39, 0.29) is 0 Å². The van der Waals surface area contributed by atoms with Gasteiger partial charge in [-0.25, -0.2) is 0 Å². The standard InChI is InChI=1S/C8H6F12O3/c1-2(21,5(9,10)11)3(22,6(12,13)14)4(23,7(15,16)17)8(18,19)20/h21-23H,1H3. The summed E-state index contributed by atoms with van der Waals surface area (Å²) in [6.07, 6.45) is -29.2. The van der Waals surface area contributed by atoms with Crippen molar-refractivity contribution in [1.29, 1.82) is 0 Å². The number of rotatable bonds is 2. The molecule has 0 aromatic rings. The van der Waals surface area contributed by atoms with Crippen molar-refractivity contribution in [3.05, 3.63) is 0 Å². The van der Waals surface area contributed by atoms with Crippen molar-refractivity contribution >= 4 is 0 Å². The van der Waals surface area contributed by atoms with Crippen LogP contribution in [-0.4, -0.2) is 56.8 Å². The van der Waals surface area contributed by atoms with Crippen LogP contribution in [0.4, 0.5) is 52.7 Å². The summed E-state index contributed by atoms with van der Waals surface area (Å²) in [6, 6.07) is 0. The minimum absolute atomic E-state index is 1.19. The van der Waals surface area contributed by atoms with Crippen molar-refractivity contribution in [2.75, 3.05) is 0 Å². The second kappa shape index (κ2) is 5.02. The van der Waals surface area contributed by atoms with Gasteiger partial charge >= 0.3 is 24.7 Å². The van der Waals surface area contributed by atoms with E-state index in [1.165, 1.54) is 0 Å². The maximum absolute atomic E-state index is 12.6. The summed E-state index contributed by atoms with van der Waals surface area (Å²) in [7, 11) is 0. The molecule has 0 spiro atoms. The molecule has 15 heteroatoms. The summed E-state index contributed by atoms with van der Waals surface area (Å²) < 4.78 is 150. The Morgan fingerprint density at radius 1 is 0.435 bits per heavy atom. The smallest absolute Gasteiger partial charge is 0.378 e. The molecule has 0 aliphatic rings. The first-order valence-electron chi connectivity index (χ1n) is 4.94. The van der Waals surface area contributed by atoms with E-state index in [4.69, 9.17) is 15.3 Å². The molecular formula is C8H6F12O3. The van der Waals surface area contributed by atoms with Gasteiger partial charge in [0.25, 0.3) is 5.60 Å². The van der Waals surface area contributed by atoms with Crippen LogP contribution in [0, 0.1) is 0 Å². The minimum Gasteiger partial charge on any atom is -0.378 e. The van der Waals surface area contributed by atoms with E-state index in [0.717, 1.165) is 0 Å². The summed E-state index contributed by atoms with van der Waals surface area (Å²) in [5, 5.41) is 26.1. The van der Waals surface area contributed by atoms with Crippen molar-refractivity contribution < 1.29 is 68.0 Å². The highest BCUT2D eigenvalue weighted by molar-refractivity contribution is 5.22. The van der Waals surface area contributed by atoms with Crippen LogP contribution in [0.1, 0.15) is 6.92 Å². The minimum atomic E-state index is -7.50. The Labute approximate surface area is 118 Å². The highest BCUT2D eigenvalue weighted by Gasteiger charge is 2.93. The van der Waals surface area contributed by atoms with Gasteiger partial charge in [0, 0.05) is 0 Å². The quantitative estimate of drug-likeness (QED) is 0.647. The number of aliphatic hydroxyl groups is 3. The predicted molar refractivity (Wildman–Crippen MR) is 44.7 cm³/mol. The average Bonchev–Trinajstić information content (AvgIpc) is 2.19. The average molecular weight is 378 g/mol. The van der Waals surface area contributed by atoms with Gasteiger partial charge < -0.3 is 15.3 Å². The van der Waals surface area contributed by atoms with Crippen LogP contribution < -0.4 is 0 Å². The van der Waals surface area contributed by atoms with Crippen molar-refractivity contribution in [3.8, 4) is 0 Å². The third kappa shape index (κ3) is 2.71. The van der Waals surface area contributed by atoms with Crippen LogP contribution in [0.3, 0.4) is 0 Å². The molecule has 0 heterocycles. The molecule has 0 rings (SSSR count). The first kappa shape index (κ1) is 22.0. The Bertz CT molecular complexity index is 427. The fourth-order valence-electron chi connectivity index (χ4n) is 1.61. The molecule has 140 valence electrons. The van der Waals surface area contributed by atoms with E-state index in [0.29, 0.717) is 0 Å². The fourth-order valence-corrected chi connectivity index (χ4v) is 1.61. The van der Waals surface area contributed by atoms with Gasteiger partial charge in [-0.2, -0.15) is 52.7 Å². The van der Waals surface area contributed by atoms with Crippen LogP contribution in [0.2, 0.25) is 0 Å². The van der Waals surface area contributed by atoms with E-state index < -0.39 is 48.4 Å². The number of hydrogen-bond donors (Lipinski definition) is 3. The van der Waals surface area contributed by atoms with Crippen molar-refractivity contribution in [1.82, 2.24) is 0 Å². The summed E-state index contributed by atoms with van der Waals surface area (Å²) in [5.41, 5.74) is -20.6. The molecule has 2 atom stereocenters. The summed E-state index contributed by atoms with van der Waals surface area (Å²) in [5.74, 6) is 0. The van der Waals surface area contributed by atoms with E-state index in [1.54, 1.807) is 0 Å². The SMILES string of the molecule is CC(O)(C(F)(F)F)C(O)(C(F)(F)F)C(O)(C(F)(F)F)C(F)(F)F. The third-order valence-electron chi connectivity index (χ3n) is 3.01. The van der Waals surface area contributed by atoms with Crippen LogP contribution in [0.25, 0.3) is 0 Å². The van der Waals surface area contributed by atoms with Crippen molar-refractivity contribution in [3.63, 3.8) is 0 Å².